The quantitative estimate of drug-likeness (QED) is 0.868. The van der Waals surface area contributed by atoms with Crippen LogP contribution in [0.25, 0.3) is 0 Å². The highest BCUT2D eigenvalue weighted by atomic mass is 15.3. The van der Waals surface area contributed by atoms with Gasteiger partial charge in [0.25, 0.3) is 0 Å². The number of hydrogen-bond donors (Lipinski definition) is 1. The van der Waals surface area contributed by atoms with Gasteiger partial charge in [0.15, 0.2) is 0 Å². The molecule has 0 aliphatic carbocycles. The van der Waals surface area contributed by atoms with Gasteiger partial charge in [0.05, 0.1) is 0 Å². The van der Waals surface area contributed by atoms with Gasteiger partial charge in [-0.1, -0.05) is 31.2 Å². The van der Waals surface area contributed by atoms with Gasteiger partial charge < -0.3 is 15.1 Å². The van der Waals surface area contributed by atoms with Crippen molar-refractivity contribution in [3.8, 4) is 0 Å². The molecule has 21 heavy (non-hydrogen) atoms. The third-order valence-electron chi connectivity index (χ3n) is 4.69. The van der Waals surface area contributed by atoms with Crippen LogP contribution in [-0.4, -0.2) is 56.1 Å². The van der Waals surface area contributed by atoms with Gasteiger partial charge in [0, 0.05) is 31.7 Å². The summed E-state index contributed by atoms with van der Waals surface area (Å²) >= 11 is 0. The number of hydrogen-bond acceptors (Lipinski definition) is 3. The maximum Gasteiger partial charge on any atom is 0.0338 e. The Morgan fingerprint density at radius 1 is 1.24 bits per heavy atom. The van der Waals surface area contributed by atoms with Gasteiger partial charge >= 0.3 is 0 Å². The third kappa shape index (κ3) is 4.53. The molecule has 2 unspecified atom stereocenters. The van der Waals surface area contributed by atoms with Crippen LogP contribution in [-0.2, 0) is 0 Å². The number of rotatable bonds is 6. The zero-order valence-electron chi connectivity index (χ0n) is 14.1. The average molecular weight is 289 g/mol. The van der Waals surface area contributed by atoms with Crippen LogP contribution in [0.15, 0.2) is 24.3 Å². The van der Waals surface area contributed by atoms with Crippen LogP contribution < -0.4 is 5.32 Å². The standard InChI is InChI=1S/C18H31N3/c1-5-10-19-18(17-9-7-6-8-15(17)2)13-16-14-20(3)11-12-21(16)4/h6-9,16,18-19H,5,10-14H2,1-4H3. The summed E-state index contributed by atoms with van der Waals surface area (Å²) in [6.07, 6.45) is 2.37. The van der Waals surface area contributed by atoms with E-state index in [1.54, 1.807) is 0 Å². The first-order chi connectivity index (χ1) is 10.1. The molecule has 0 spiro atoms. The van der Waals surface area contributed by atoms with Gasteiger partial charge in [-0.2, -0.15) is 0 Å². The summed E-state index contributed by atoms with van der Waals surface area (Å²) in [7, 11) is 4.51. The van der Waals surface area contributed by atoms with Gasteiger partial charge in [-0.15, -0.1) is 0 Å². The van der Waals surface area contributed by atoms with Gasteiger partial charge in [0.1, 0.15) is 0 Å². The molecule has 1 saturated heterocycles. The van der Waals surface area contributed by atoms with Crippen molar-refractivity contribution < 1.29 is 0 Å². The summed E-state index contributed by atoms with van der Waals surface area (Å²) in [6.45, 7) is 9.09. The largest absolute Gasteiger partial charge is 0.310 e. The van der Waals surface area contributed by atoms with Crippen LogP contribution in [0, 0.1) is 6.92 Å². The Morgan fingerprint density at radius 2 is 2.00 bits per heavy atom. The molecule has 2 atom stereocenters. The molecule has 118 valence electrons. The molecule has 0 amide bonds. The number of benzene rings is 1. The van der Waals surface area contributed by atoms with Crippen molar-refractivity contribution in [3.63, 3.8) is 0 Å². The lowest BCUT2D eigenvalue weighted by atomic mass is 9.94. The van der Waals surface area contributed by atoms with Gasteiger partial charge in [-0.25, -0.2) is 0 Å². The van der Waals surface area contributed by atoms with Crippen molar-refractivity contribution in [1.29, 1.82) is 0 Å². The molecular formula is C18H31N3. The fourth-order valence-corrected chi connectivity index (χ4v) is 3.24. The molecule has 3 heteroatoms. The summed E-state index contributed by atoms with van der Waals surface area (Å²) in [5.74, 6) is 0. The Balaban J connectivity index is 2.10. The predicted octanol–water partition coefficient (Wildman–Crippen LogP) is 2.67. The second-order valence-electron chi connectivity index (χ2n) is 6.50. The maximum atomic E-state index is 3.76. The van der Waals surface area contributed by atoms with Crippen molar-refractivity contribution in [1.82, 2.24) is 15.1 Å². The minimum Gasteiger partial charge on any atom is -0.310 e. The van der Waals surface area contributed by atoms with E-state index in [-0.39, 0.29) is 0 Å². The molecule has 0 bridgehead atoms. The lowest BCUT2D eigenvalue weighted by Crippen LogP contribution is -2.51. The minimum absolute atomic E-state index is 0.463. The van der Waals surface area contributed by atoms with Crippen molar-refractivity contribution in [3.05, 3.63) is 35.4 Å². The first-order valence-electron chi connectivity index (χ1n) is 8.29. The number of likely N-dealkylation sites (N-methyl/N-ethyl adjacent to an activating group) is 2. The van der Waals surface area contributed by atoms with E-state index in [9.17, 15) is 0 Å². The van der Waals surface area contributed by atoms with E-state index in [1.165, 1.54) is 43.6 Å². The van der Waals surface area contributed by atoms with Crippen LogP contribution in [0.3, 0.4) is 0 Å². The smallest absolute Gasteiger partial charge is 0.0338 e. The van der Waals surface area contributed by atoms with Crippen LogP contribution >= 0.6 is 0 Å². The normalized spacial score (nSPS) is 22.4. The van der Waals surface area contributed by atoms with Crippen LogP contribution in [0.5, 0.6) is 0 Å². The zero-order chi connectivity index (χ0) is 15.2. The Kier molecular flexibility index (Phi) is 6.22. The van der Waals surface area contributed by atoms with Gasteiger partial charge in [-0.05, 0) is 51.5 Å². The molecule has 1 heterocycles. The van der Waals surface area contributed by atoms with E-state index in [2.05, 4.69) is 67.3 Å². The minimum atomic E-state index is 0.463. The highest BCUT2D eigenvalue weighted by Crippen LogP contribution is 2.25. The van der Waals surface area contributed by atoms with E-state index >= 15 is 0 Å². The molecule has 0 saturated carbocycles. The third-order valence-corrected chi connectivity index (χ3v) is 4.69. The van der Waals surface area contributed by atoms with Crippen molar-refractivity contribution in [2.45, 2.75) is 38.8 Å². The van der Waals surface area contributed by atoms with Gasteiger partial charge in [-0.3, -0.25) is 0 Å². The van der Waals surface area contributed by atoms with Crippen LogP contribution in [0.1, 0.15) is 36.9 Å². The van der Waals surface area contributed by atoms with E-state index in [1.807, 2.05) is 0 Å². The van der Waals surface area contributed by atoms with Crippen molar-refractivity contribution in [2.75, 3.05) is 40.3 Å². The molecule has 3 nitrogen and oxygen atoms in total. The van der Waals surface area contributed by atoms with Crippen LogP contribution in [0.4, 0.5) is 0 Å². The molecule has 1 N–H and O–H groups in total. The fourth-order valence-electron chi connectivity index (χ4n) is 3.24. The summed E-state index contributed by atoms with van der Waals surface area (Å²) in [5.41, 5.74) is 2.87. The molecule has 1 aromatic rings. The van der Waals surface area contributed by atoms with Gasteiger partial charge in [0.2, 0.25) is 0 Å². The number of nitrogens with zero attached hydrogens (tertiary/aromatic N) is 2. The highest BCUT2D eigenvalue weighted by Gasteiger charge is 2.26. The summed E-state index contributed by atoms with van der Waals surface area (Å²) in [6, 6.07) is 9.92. The number of piperazine rings is 1. The number of aryl methyl sites for hydroxylation is 1. The molecule has 0 aromatic heterocycles. The first kappa shape index (κ1) is 16.5. The second kappa shape index (κ2) is 7.92. The fraction of sp³-hybridized carbons (Fsp3) is 0.667. The molecule has 0 radical (unpaired) electrons. The molecular weight excluding hydrogens is 258 g/mol. The van der Waals surface area contributed by atoms with E-state index in [4.69, 9.17) is 0 Å². The summed E-state index contributed by atoms with van der Waals surface area (Å²) in [5, 5.41) is 3.76. The molecule has 1 aromatic carbocycles. The Hall–Kier alpha value is -0.900. The molecule has 2 rings (SSSR count). The SMILES string of the molecule is CCCNC(CC1CN(C)CCN1C)c1ccccc1C. The summed E-state index contributed by atoms with van der Waals surface area (Å²) in [4.78, 5) is 4.98. The predicted molar refractivity (Wildman–Crippen MR) is 90.7 cm³/mol. The lowest BCUT2D eigenvalue weighted by Gasteiger charge is -2.39. The summed E-state index contributed by atoms with van der Waals surface area (Å²) < 4.78 is 0. The van der Waals surface area contributed by atoms with Crippen molar-refractivity contribution >= 4 is 0 Å². The lowest BCUT2D eigenvalue weighted by molar-refractivity contribution is 0.101. The average Bonchev–Trinajstić information content (AvgIpc) is 2.48. The van der Waals surface area contributed by atoms with Crippen LogP contribution in [0.2, 0.25) is 0 Å². The Morgan fingerprint density at radius 3 is 2.71 bits per heavy atom. The van der Waals surface area contributed by atoms with Crippen molar-refractivity contribution in [2.24, 2.45) is 0 Å². The first-order valence-corrected chi connectivity index (χ1v) is 8.29. The molecule has 1 aliphatic rings. The highest BCUT2D eigenvalue weighted by molar-refractivity contribution is 5.29. The number of nitrogens with one attached hydrogen (secondary N) is 1. The Bertz CT molecular complexity index is 432. The van der Waals surface area contributed by atoms with E-state index < -0.39 is 0 Å². The van der Waals surface area contributed by atoms with E-state index in [0.717, 1.165) is 6.54 Å². The maximum absolute atomic E-state index is 3.76. The monoisotopic (exact) mass is 289 g/mol. The van der Waals surface area contributed by atoms with E-state index in [0.29, 0.717) is 12.1 Å². The molecule has 1 fully saturated rings. The topological polar surface area (TPSA) is 18.5 Å². The zero-order valence-corrected chi connectivity index (χ0v) is 14.1. The molecule has 1 aliphatic heterocycles. The Labute approximate surface area is 130 Å². The second-order valence-corrected chi connectivity index (χ2v) is 6.50.